The third kappa shape index (κ3) is 4.02. The highest BCUT2D eigenvalue weighted by Crippen LogP contribution is 2.16. The third-order valence-electron chi connectivity index (χ3n) is 3.47. The fraction of sp³-hybridized carbons (Fsp3) is 0.571. The molecule has 5 nitrogen and oxygen atoms in total. The highest BCUT2D eigenvalue weighted by atomic mass is 32.2. The van der Waals surface area contributed by atoms with Crippen molar-refractivity contribution in [2.24, 2.45) is 0 Å². The van der Waals surface area contributed by atoms with Crippen LogP contribution < -0.4 is 4.72 Å². The Labute approximate surface area is 120 Å². The van der Waals surface area contributed by atoms with Crippen molar-refractivity contribution < 1.29 is 17.9 Å². The number of nitrogens with one attached hydrogen (secondary N) is 1. The number of ether oxygens (including phenoxy) is 2. The minimum absolute atomic E-state index is 0.201. The quantitative estimate of drug-likeness (QED) is 0.762. The van der Waals surface area contributed by atoms with E-state index in [1.807, 2.05) is 30.3 Å². The van der Waals surface area contributed by atoms with Crippen LogP contribution in [0.4, 0.5) is 0 Å². The summed E-state index contributed by atoms with van der Waals surface area (Å²) in [5, 5.41) is -0.607. The van der Waals surface area contributed by atoms with E-state index in [-0.39, 0.29) is 12.7 Å². The highest BCUT2D eigenvalue weighted by molar-refractivity contribution is 7.90. The van der Waals surface area contributed by atoms with Crippen LogP contribution >= 0.6 is 0 Å². The number of methoxy groups -OCH3 is 1. The standard InChI is InChI=1S/C14H21NO4S/c1-18-13-10-19-11-14(13)20(16,17)15-9-5-8-12-6-3-2-4-7-12/h2-4,6-7,13-15H,5,8-11H2,1H3/t13-,14+/m1/s1. The van der Waals surface area contributed by atoms with Gasteiger partial charge in [0.2, 0.25) is 10.0 Å². The lowest BCUT2D eigenvalue weighted by Crippen LogP contribution is -2.42. The fourth-order valence-corrected chi connectivity index (χ4v) is 3.79. The summed E-state index contributed by atoms with van der Waals surface area (Å²) in [5.74, 6) is 0. The average Bonchev–Trinajstić information content (AvgIpc) is 2.94. The zero-order chi connectivity index (χ0) is 14.4. The van der Waals surface area contributed by atoms with Crippen LogP contribution in [0, 0.1) is 0 Å². The number of sulfonamides is 1. The molecule has 1 aliphatic rings. The molecule has 2 rings (SSSR count). The van der Waals surface area contributed by atoms with E-state index < -0.39 is 15.3 Å². The largest absolute Gasteiger partial charge is 0.378 e. The number of benzene rings is 1. The summed E-state index contributed by atoms with van der Waals surface area (Å²) in [6, 6.07) is 10.0. The molecule has 1 aromatic rings. The Morgan fingerprint density at radius 3 is 2.75 bits per heavy atom. The molecule has 6 heteroatoms. The van der Waals surface area contributed by atoms with Gasteiger partial charge in [0.25, 0.3) is 0 Å². The van der Waals surface area contributed by atoms with Crippen molar-refractivity contribution in [3.05, 3.63) is 35.9 Å². The monoisotopic (exact) mass is 299 g/mol. The average molecular weight is 299 g/mol. The molecule has 0 aliphatic carbocycles. The van der Waals surface area contributed by atoms with Crippen LogP contribution in [0.2, 0.25) is 0 Å². The Kier molecular flexibility index (Phi) is 5.54. The topological polar surface area (TPSA) is 64.6 Å². The van der Waals surface area contributed by atoms with Crippen molar-refractivity contribution in [2.45, 2.75) is 24.2 Å². The molecule has 0 unspecified atom stereocenters. The van der Waals surface area contributed by atoms with Gasteiger partial charge in [0.1, 0.15) is 11.4 Å². The van der Waals surface area contributed by atoms with Gasteiger partial charge in [-0.25, -0.2) is 13.1 Å². The van der Waals surface area contributed by atoms with Crippen LogP contribution in [0.5, 0.6) is 0 Å². The lowest BCUT2D eigenvalue weighted by molar-refractivity contribution is 0.0828. The van der Waals surface area contributed by atoms with Crippen molar-refractivity contribution in [2.75, 3.05) is 26.9 Å². The molecule has 1 N–H and O–H groups in total. The van der Waals surface area contributed by atoms with Crippen molar-refractivity contribution in [1.82, 2.24) is 4.72 Å². The lowest BCUT2D eigenvalue weighted by Gasteiger charge is -2.17. The smallest absolute Gasteiger partial charge is 0.219 e. The Balaban J connectivity index is 1.78. The molecule has 1 saturated heterocycles. The summed E-state index contributed by atoms with van der Waals surface area (Å²) in [4.78, 5) is 0. The Bertz CT molecular complexity index is 503. The number of hydrogen-bond acceptors (Lipinski definition) is 4. The molecule has 112 valence electrons. The lowest BCUT2D eigenvalue weighted by atomic mass is 10.1. The SMILES string of the molecule is CO[C@@H]1COC[C@@H]1S(=O)(=O)NCCCc1ccccc1. The first-order valence-corrected chi connectivity index (χ1v) is 8.31. The number of rotatable bonds is 7. The molecule has 0 bridgehead atoms. The summed E-state index contributed by atoms with van der Waals surface area (Å²) >= 11 is 0. The van der Waals surface area contributed by atoms with E-state index in [9.17, 15) is 8.42 Å². The third-order valence-corrected chi connectivity index (χ3v) is 5.31. The molecular formula is C14H21NO4S. The Morgan fingerprint density at radius 2 is 2.05 bits per heavy atom. The molecule has 0 amide bonds. The van der Waals surface area contributed by atoms with Crippen molar-refractivity contribution in [1.29, 1.82) is 0 Å². The highest BCUT2D eigenvalue weighted by Gasteiger charge is 2.38. The summed E-state index contributed by atoms with van der Waals surface area (Å²) in [7, 11) is -1.86. The first kappa shape index (κ1) is 15.4. The molecule has 1 aromatic carbocycles. The number of hydrogen-bond donors (Lipinski definition) is 1. The van der Waals surface area contributed by atoms with E-state index in [4.69, 9.17) is 9.47 Å². The van der Waals surface area contributed by atoms with Crippen LogP contribution in [-0.4, -0.2) is 46.6 Å². The predicted octanol–water partition coefficient (Wildman–Crippen LogP) is 0.952. The van der Waals surface area contributed by atoms with Gasteiger partial charge in [-0.3, -0.25) is 0 Å². The fourth-order valence-electron chi connectivity index (χ4n) is 2.28. The molecule has 0 spiro atoms. The van der Waals surface area contributed by atoms with Gasteiger partial charge in [-0.1, -0.05) is 30.3 Å². The minimum atomic E-state index is -3.38. The van der Waals surface area contributed by atoms with Crippen LogP contribution in [-0.2, 0) is 25.9 Å². The second kappa shape index (κ2) is 7.17. The molecular weight excluding hydrogens is 278 g/mol. The van der Waals surface area contributed by atoms with Crippen molar-refractivity contribution in [3.63, 3.8) is 0 Å². The van der Waals surface area contributed by atoms with Gasteiger partial charge in [-0.2, -0.15) is 0 Å². The van der Waals surface area contributed by atoms with E-state index >= 15 is 0 Å². The van der Waals surface area contributed by atoms with Crippen molar-refractivity contribution in [3.8, 4) is 0 Å². The van der Waals surface area contributed by atoms with Gasteiger partial charge in [0.05, 0.1) is 13.2 Å². The van der Waals surface area contributed by atoms with Crippen LogP contribution in [0.25, 0.3) is 0 Å². The van der Waals surface area contributed by atoms with Gasteiger partial charge < -0.3 is 9.47 Å². The molecule has 0 aromatic heterocycles. The summed E-state index contributed by atoms with van der Waals surface area (Å²) < 4.78 is 37.3. The van der Waals surface area contributed by atoms with Gasteiger partial charge in [0.15, 0.2) is 0 Å². The molecule has 2 atom stereocenters. The first-order valence-electron chi connectivity index (χ1n) is 6.76. The van der Waals surface area contributed by atoms with Crippen LogP contribution in [0.3, 0.4) is 0 Å². The zero-order valence-electron chi connectivity index (χ0n) is 11.6. The molecule has 20 heavy (non-hydrogen) atoms. The molecule has 0 radical (unpaired) electrons. The normalized spacial score (nSPS) is 23.1. The number of aryl methyl sites for hydroxylation is 1. The molecule has 1 fully saturated rings. The van der Waals surface area contributed by atoms with Gasteiger partial charge >= 0.3 is 0 Å². The van der Waals surface area contributed by atoms with E-state index in [1.165, 1.54) is 12.7 Å². The van der Waals surface area contributed by atoms with Crippen molar-refractivity contribution >= 4 is 10.0 Å². The van der Waals surface area contributed by atoms with E-state index in [2.05, 4.69) is 4.72 Å². The summed E-state index contributed by atoms with van der Waals surface area (Å²) in [6.45, 7) is 0.975. The molecule has 1 heterocycles. The van der Waals surface area contributed by atoms with Gasteiger partial charge in [0, 0.05) is 13.7 Å². The summed E-state index contributed by atoms with van der Waals surface area (Å²) in [5.41, 5.74) is 1.21. The van der Waals surface area contributed by atoms with E-state index in [0.717, 1.165) is 12.8 Å². The maximum atomic E-state index is 12.1. The zero-order valence-corrected chi connectivity index (χ0v) is 12.4. The van der Waals surface area contributed by atoms with Crippen LogP contribution in [0.1, 0.15) is 12.0 Å². The maximum Gasteiger partial charge on any atom is 0.219 e. The second-order valence-corrected chi connectivity index (χ2v) is 6.86. The molecule has 1 aliphatic heterocycles. The Hall–Kier alpha value is -0.950. The van der Waals surface area contributed by atoms with Crippen LogP contribution in [0.15, 0.2) is 30.3 Å². The first-order chi connectivity index (χ1) is 9.63. The summed E-state index contributed by atoms with van der Waals surface area (Å²) in [6.07, 6.45) is 1.26. The second-order valence-electron chi connectivity index (χ2n) is 4.88. The molecule has 0 saturated carbocycles. The van der Waals surface area contributed by atoms with E-state index in [1.54, 1.807) is 0 Å². The maximum absolute atomic E-state index is 12.1. The predicted molar refractivity (Wildman–Crippen MR) is 77.1 cm³/mol. The Morgan fingerprint density at radius 1 is 1.30 bits per heavy atom. The van der Waals surface area contributed by atoms with Gasteiger partial charge in [-0.05, 0) is 18.4 Å². The van der Waals surface area contributed by atoms with E-state index in [0.29, 0.717) is 13.2 Å². The minimum Gasteiger partial charge on any atom is -0.378 e. The van der Waals surface area contributed by atoms with Gasteiger partial charge in [-0.15, -0.1) is 0 Å².